The maximum Gasteiger partial charge on any atom is 0.115 e. The molecule has 0 unspecified atom stereocenters. The predicted molar refractivity (Wildman–Crippen MR) is 101 cm³/mol. The van der Waals surface area contributed by atoms with E-state index < -0.39 is 128 Å². The highest BCUT2D eigenvalue weighted by Crippen LogP contribution is 2.34. The van der Waals surface area contributed by atoms with E-state index in [0.29, 0.717) is 0 Å². The van der Waals surface area contributed by atoms with Crippen molar-refractivity contribution in [3.8, 4) is 0 Å². The number of nitrogens with zero attached hydrogens (tertiary/aromatic N) is 1. The Labute approximate surface area is 181 Å². The smallest absolute Gasteiger partial charge is 0.115 e. The van der Waals surface area contributed by atoms with Crippen molar-refractivity contribution in [2.45, 2.75) is 37.6 Å². The number of likely N-dealkylation sites (tertiary alicyclic amines) is 1. The summed E-state index contributed by atoms with van der Waals surface area (Å²) in [5.41, 5.74) is -5.96. The van der Waals surface area contributed by atoms with Crippen molar-refractivity contribution in [1.82, 2.24) is 4.90 Å². The molecule has 2 aromatic rings. The molecule has 0 saturated carbocycles. The van der Waals surface area contributed by atoms with Gasteiger partial charge in [-0.15, -0.1) is 0 Å². The Morgan fingerprint density at radius 1 is 1.29 bits per heavy atom. The summed E-state index contributed by atoms with van der Waals surface area (Å²) in [5.74, 6) is 0. The van der Waals surface area contributed by atoms with Crippen LogP contribution in [0.15, 0.2) is 54.4 Å². The van der Waals surface area contributed by atoms with E-state index >= 15 is 0 Å². The molecule has 0 N–H and O–H groups in total. The summed E-state index contributed by atoms with van der Waals surface area (Å²) in [6, 6.07) is -13.4. The molecular weight excluding hydrogens is 318 g/mol. The standard InChI is InChI=1S/C21H26ClNO/c1-21(17-7-4-3-5-8-17,18-10-12-19(22)13-11-18)24-16-14-20-9-6-15-23(20)2/h3-5,7-8,10-13,20H,6,9,14-16H2,1-2H3/t20-,21-/m1/s1/i1D3,2D3,3D,4D,5D,6D2,7D,8D,9D2,10D,11D,12D,13D,15D2,20D. The molecule has 0 spiro atoms. The van der Waals surface area contributed by atoms with E-state index in [9.17, 15) is 0 Å². The molecule has 3 rings (SSSR count). The Morgan fingerprint density at radius 3 is 2.75 bits per heavy atom. The summed E-state index contributed by atoms with van der Waals surface area (Å²) in [6.45, 7) is -12.5. The van der Waals surface area contributed by atoms with Crippen LogP contribution in [0, 0.1) is 0 Å². The van der Waals surface area contributed by atoms with Gasteiger partial charge in [-0.05, 0) is 62.7 Å². The highest BCUT2D eigenvalue weighted by atomic mass is 35.5. The third-order valence-electron chi connectivity index (χ3n) is 3.10. The van der Waals surface area contributed by atoms with E-state index in [1.54, 1.807) is 0 Å². The number of hydrogen-bond acceptors (Lipinski definition) is 2. The van der Waals surface area contributed by atoms with E-state index in [-0.39, 0.29) is 4.90 Å². The van der Waals surface area contributed by atoms with Crippen LogP contribution >= 0.6 is 11.6 Å². The third-order valence-corrected chi connectivity index (χ3v) is 3.29. The third kappa shape index (κ3) is 3.83. The van der Waals surface area contributed by atoms with Gasteiger partial charge in [0.25, 0.3) is 0 Å². The minimum atomic E-state index is -3.81. The normalized spacial score (nSPS) is 44.5. The summed E-state index contributed by atoms with van der Waals surface area (Å²) in [7, 11) is 0. The fraction of sp³-hybridized carbons (Fsp3) is 0.429. The van der Waals surface area contributed by atoms with E-state index in [0.717, 1.165) is 0 Å². The van der Waals surface area contributed by atoms with E-state index in [1.807, 2.05) is 0 Å². The quantitative estimate of drug-likeness (QED) is 0.705. The van der Waals surface area contributed by atoms with Gasteiger partial charge < -0.3 is 9.64 Å². The molecule has 0 amide bonds. The second kappa shape index (κ2) is 7.69. The van der Waals surface area contributed by atoms with Crippen molar-refractivity contribution in [3.05, 3.63) is 70.5 Å². The summed E-state index contributed by atoms with van der Waals surface area (Å²) in [6.07, 6.45) is -8.66. The first-order valence-corrected chi connectivity index (χ1v) is 7.08. The zero-order valence-corrected chi connectivity index (χ0v) is 12.9. The topological polar surface area (TPSA) is 12.5 Å². The molecule has 0 bridgehead atoms. The average Bonchev–Trinajstić information content (AvgIpc) is 2.98. The molecule has 1 heterocycles. The van der Waals surface area contributed by atoms with Gasteiger partial charge >= 0.3 is 0 Å². The summed E-state index contributed by atoms with van der Waals surface area (Å²) in [4.78, 5) is -0.351. The highest BCUT2D eigenvalue weighted by molar-refractivity contribution is 6.30. The van der Waals surface area contributed by atoms with Crippen molar-refractivity contribution in [2.24, 2.45) is 0 Å². The minimum absolute atomic E-state index is 0.351. The zero-order valence-electron chi connectivity index (χ0n) is 34.1. The van der Waals surface area contributed by atoms with E-state index in [4.69, 9.17) is 46.5 Å². The van der Waals surface area contributed by atoms with Gasteiger partial charge in [0, 0.05) is 35.5 Å². The van der Waals surface area contributed by atoms with Crippen LogP contribution in [0.3, 0.4) is 0 Å². The fourth-order valence-electron chi connectivity index (χ4n) is 1.92. The van der Waals surface area contributed by atoms with Gasteiger partial charge in [0.05, 0.1) is 12.3 Å². The van der Waals surface area contributed by atoms with E-state index in [1.165, 1.54) is 0 Å². The van der Waals surface area contributed by atoms with Crippen molar-refractivity contribution in [1.29, 1.82) is 0 Å². The predicted octanol–water partition coefficient (Wildman–Crippen LogP) is 5.10. The Hall–Kier alpha value is -1.35. The molecule has 0 radical (unpaired) electrons. The maximum atomic E-state index is 8.82. The molecule has 2 aromatic carbocycles. The number of rotatable bonds is 6. The Balaban J connectivity index is 2.46. The molecule has 3 heteroatoms. The van der Waals surface area contributed by atoms with Crippen LogP contribution < -0.4 is 0 Å². The number of halogens is 1. The van der Waals surface area contributed by atoms with Gasteiger partial charge in [-0.1, -0.05) is 53.9 Å². The molecule has 128 valence electrons. The number of ether oxygens (including phenoxy) is 1. The Kier molecular flexibility index (Phi) is 1.56. The van der Waals surface area contributed by atoms with Crippen LogP contribution in [-0.2, 0) is 10.3 Å². The lowest BCUT2D eigenvalue weighted by Gasteiger charge is -2.32. The van der Waals surface area contributed by atoms with Crippen LogP contribution in [0.2, 0.25) is 5.02 Å². The Bertz CT molecular complexity index is 1440. The molecule has 2 nitrogen and oxygen atoms in total. The molecule has 2 atom stereocenters. The monoisotopic (exact) mass is 365 g/mol. The van der Waals surface area contributed by atoms with Gasteiger partial charge in [-0.25, -0.2) is 0 Å². The first-order chi connectivity index (χ1) is 20.4. The van der Waals surface area contributed by atoms with Gasteiger partial charge in [0.2, 0.25) is 0 Å². The van der Waals surface area contributed by atoms with Crippen molar-refractivity contribution < 1.29 is 34.9 Å². The molecule has 1 saturated heterocycles. The summed E-state index contributed by atoms with van der Waals surface area (Å²) in [5, 5.41) is -0.777. The lowest BCUT2D eigenvalue weighted by Crippen LogP contribution is -2.31. The summed E-state index contributed by atoms with van der Waals surface area (Å²) < 4.78 is 187. The minimum Gasteiger partial charge on any atom is -0.366 e. The molecule has 1 aliphatic heterocycles. The first kappa shape index (κ1) is 4.88. The van der Waals surface area contributed by atoms with Gasteiger partial charge in [0.15, 0.2) is 0 Å². The van der Waals surface area contributed by atoms with Crippen molar-refractivity contribution >= 4 is 11.6 Å². The largest absolute Gasteiger partial charge is 0.366 e. The molecule has 0 aliphatic carbocycles. The molecular formula is C21H26ClNO. The lowest BCUT2D eigenvalue weighted by molar-refractivity contribution is -0.0117. The average molecular weight is 366 g/mol. The zero-order chi connectivity index (χ0) is 36.1. The lowest BCUT2D eigenvalue weighted by atomic mass is 9.88. The van der Waals surface area contributed by atoms with Crippen molar-refractivity contribution in [3.63, 3.8) is 0 Å². The number of hydrogen-bond donors (Lipinski definition) is 0. The first-order valence-electron chi connectivity index (χ1n) is 17.7. The molecule has 1 aliphatic rings. The van der Waals surface area contributed by atoms with Gasteiger partial charge in [0.1, 0.15) is 5.60 Å². The second-order valence-electron chi connectivity index (χ2n) is 4.61. The number of benzene rings is 2. The van der Waals surface area contributed by atoms with Gasteiger partial charge in [-0.2, -0.15) is 0 Å². The van der Waals surface area contributed by atoms with Crippen LogP contribution in [-0.4, -0.2) is 31.0 Å². The second-order valence-corrected chi connectivity index (χ2v) is 4.99. The molecule has 0 aromatic heterocycles. The fourth-order valence-corrected chi connectivity index (χ4v) is 2.02. The highest BCUT2D eigenvalue weighted by Gasteiger charge is 2.30. The van der Waals surface area contributed by atoms with Crippen LogP contribution in [0.4, 0.5) is 0 Å². The van der Waals surface area contributed by atoms with Crippen LogP contribution in [0.5, 0.6) is 0 Å². The SMILES string of the molecule is [2H]c1c([2H])c([2H])c([C@@](OCC[C@]2([2H])N(C([2H])([2H])[2H])C([2H])([2H])C([2H])([2H])C2([2H])[2H])(c2c([2H])c([2H])c(Cl)c([2H])c2[2H])C([2H])([2H])[2H])c([2H])c1[2H]. The summed E-state index contributed by atoms with van der Waals surface area (Å²) >= 11 is 5.91. The van der Waals surface area contributed by atoms with Crippen LogP contribution in [0.25, 0.3) is 0 Å². The maximum absolute atomic E-state index is 8.82. The van der Waals surface area contributed by atoms with Crippen molar-refractivity contribution in [2.75, 3.05) is 20.1 Å². The Morgan fingerprint density at radius 2 is 2.04 bits per heavy atom. The molecule has 1 fully saturated rings. The molecule has 24 heavy (non-hydrogen) atoms. The van der Waals surface area contributed by atoms with Crippen LogP contribution in [0.1, 0.15) is 67.3 Å². The van der Waals surface area contributed by atoms with Gasteiger partial charge in [-0.3, -0.25) is 0 Å². The van der Waals surface area contributed by atoms with E-state index in [2.05, 4.69) is 0 Å².